The number of nitriles is 1. The highest BCUT2D eigenvalue weighted by Crippen LogP contribution is 2.70. The van der Waals surface area contributed by atoms with Gasteiger partial charge < -0.3 is 23.7 Å². The van der Waals surface area contributed by atoms with E-state index in [2.05, 4.69) is 6.07 Å². The van der Waals surface area contributed by atoms with Crippen LogP contribution in [0.4, 0.5) is 0 Å². The topological polar surface area (TPSA) is 87.0 Å². The fourth-order valence-corrected chi connectivity index (χ4v) is 4.36. The van der Waals surface area contributed by atoms with Gasteiger partial charge in [-0.1, -0.05) is 30.3 Å². The summed E-state index contributed by atoms with van der Waals surface area (Å²) in [6.45, 7) is 9.92. The molecule has 1 aromatic carbocycles. The number of rotatable bonds is 11. The quantitative estimate of drug-likeness (QED) is 0.412. The van der Waals surface area contributed by atoms with Crippen molar-refractivity contribution in [1.29, 1.82) is 5.26 Å². The predicted molar refractivity (Wildman–Crippen MR) is 106 cm³/mol. The molecule has 0 bridgehead atoms. The van der Waals surface area contributed by atoms with Gasteiger partial charge in [0, 0.05) is 26.4 Å². The first-order valence-electron chi connectivity index (χ1n) is 10.2. The van der Waals surface area contributed by atoms with Crippen LogP contribution in [0, 0.1) is 16.7 Å². The van der Waals surface area contributed by atoms with Gasteiger partial charge in [0.25, 0.3) is 5.79 Å². The molecule has 2 atom stereocenters. The van der Waals surface area contributed by atoms with Gasteiger partial charge in [-0.3, -0.25) is 4.79 Å². The molecule has 1 aliphatic carbocycles. The summed E-state index contributed by atoms with van der Waals surface area (Å²) in [6.07, 6.45) is 0. The molecule has 0 amide bonds. The van der Waals surface area contributed by atoms with Crippen molar-refractivity contribution >= 4 is 5.97 Å². The third-order valence-electron chi connectivity index (χ3n) is 5.11. The van der Waals surface area contributed by atoms with E-state index in [0.29, 0.717) is 5.56 Å². The number of hydrogen-bond acceptors (Lipinski definition) is 7. The molecule has 1 saturated carbocycles. The fourth-order valence-electron chi connectivity index (χ4n) is 4.36. The largest absolute Gasteiger partial charge is 0.465 e. The Morgan fingerprint density at radius 2 is 1.41 bits per heavy atom. The molecule has 0 saturated heterocycles. The van der Waals surface area contributed by atoms with E-state index in [-0.39, 0.29) is 33.0 Å². The highest BCUT2D eigenvalue weighted by Gasteiger charge is 2.90. The van der Waals surface area contributed by atoms with E-state index in [9.17, 15) is 10.1 Å². The van der Waals surface area contributed by atoms with Crippen molar-refractivity contribution in [3.05, 3.63) is 35.9 Å². The third kappa shape index (κ3) is 3.24. The van der Waals surface area contributed by atoms with Crippen LogP contribution in [0.3, 0.4) is 0 Å². The van der Waals surface area contributed by atoms with Crippen molar-refractivity contribution in [2.75, 3.05) is 33.0 Å². The Balaban J connectivity index is 2.86. The number of carbonyl (C=O) groups excluding carboxylic acids is 1. The molecule has 0 unspecified atom stereocenters. The Morgan fingerprint density at radius 1 is 0.897 bits per heavy atom. The van der Waals surface area contributed by atoms with E-state index in [1.54, 1.807) is 20.8 Å². The molecule has 0 aliphatic heterocycles. The van der Waals surface area contributed by atoms with Gasteiger partial charge in [0.2, 0.25) is 11.2 Å². The van der Waals surface area contributed by atoms with Gasteiger partial charge in [-0.05, 0) is 40.2 Å². The number of esters is 1. The number of ether oxygens (including phenoxy) is 5. The van der Waals surface area contributed by atoms with Crippen molar-refractivity contribution in [2.24, 2.45) is 5.41 Å². The van der Waals surface area contributed by atoms with E-state index in [1.807, 2.05) is 44.2 Å². The SMILES string of the molecule is CCOC(=O)[C@@]1(C#N)[C@H](c2ccccc2)C(OCC)(OCC)C1(OCC)OCC. The van der Waals surface area contributed by atoms with Gasteiger partial charge in [0.05, 0.1) is 18.6 Å². The Bertz CT molecular complexity index is 704. The summed E-state index contributed by atoms with van der Waals surface area (Å²) in [5.74, 6) is -4.80. The minimum atomic E-state index is -1.80. The van der Waals surface area contributed by atoms with Crippen molar-refractivity contribution in [3.8, 4) is 6.07 Å². The summed E-state index contributed by atoms with van der Waals surface area (Å²) < 4.78 is 29.8. The lowest BCUT2D eigenvalue weighted by Crippen LogP contribution is -2.85. The lowest BCUT2D eigenvalue weighted by atomic mass is 9.48. The average Bonchev–Trinajstić information content (AvgIpc) is 2.72. The highest BCUT2D eigenvalue weighted by atomic mass is 16.8. The first-order valence-corrected chi connectivity index (χ1v) is 10.2. The minimum absolute atomic E-state index is 0.119. The molecular formula is C22H31NO6. The maximum absolute atomic E-state index is 13.3. The molecule has 7 nitrogen and oxygen atoms in total. The summed E-state index contributed by atoms with van der Waals surface area (Å²) in [6, 6.07) is 11.4. The molecule has 7 heteroatoms. The predicted octanol–water partition coefficient (Wildman–Crippen LogP) is 3.40. The third-order valence-corrected chi connectivity index (χ3v) is 5.11. The van der Waals surface area contributed by atoms with Gasteiger partial charge >= 0.3 is 5.97 Å². The molecule has 1 aliphatic rings. The second kappa shape index (κ2) is 9.68. The summed E-state index contributed by atoms with van der Waals surface area (Å²) in [5, 5.41) is 10.4. The van der Waals surface area contributed by atoms with Crippen LogP contribution in [0.2, 0.25) is 0 Å². The van der Waals surface area contributed by atoms with Crippen LogP contribution in [0.5, 0.6) is 0 Å². The first kappa shape index (κ1) is 23.3. The van der Waals surface area contributed by atoms with Crippen LogP contribution in [-0.4, -0.2) is 50.6 Å². The van der Waals surface area contributed by atoms with Crippen LogP contribution in [0.1, 0.15) is 46.1 Å². The maximum Gasteiger partial charge on any atom is 0.333 e. The Hall–Kier alpha value is -1.98. The first-order chi connectivity index (χ1) is 14.0. The smallest absolute Gasteiger partial charge is 0.333 e. The monoisotopic (exact) mass is 405 g/mol. The van der Waals surface area contributed by atoms with Crippen molar-refractivity contribution in [2.45, 2.75) is 52.1 Å². The molecule has 1 fully saturated rings. The molecule has 160 valence electrons. The second-order valence-electron chi connectivity index (χ2n) is 6.50. The molecule has 0 spiro atoms. The van der Waals surface area contributed by atoms with Gasteiger partial charge in [-0.15, -0.1) is 0 Å². The lowest BCUT2D eigenvalue weighted by molar-refractivity contribution is -0.499. The molecule has 0 N–H and O–H groups in total. The lowest BCUT2D eigenvalue weighted by Gasteiger charge is -2.67. The normalized spacial score (nSPS) is 24.3. The van der Waals surface area contributed by atoms with Crippen LogP contribution >= 0.6 is 0 Å². The van der Waals surface area contributed by atoms with Crippen molar-refractivity contribution < 1.29 is 28.5 Å². The van der Waals surface area contributed by atoms with Gasteiger partial charge in [0.1, 0.15) is 0 Å². The molecular weight excluding hydrogens is 374 g/mol. The van der Waals surface area contributed by atoms with E-state index in [0.717, 1.165) is 0 Å². The summed E-state index contributed by atoms with van der Waals surface area (Å²) in [4.78, 5) is 13.3. The van der Waals surface area contributed by atoms with Gasteiger partial charge in [-0.2, -0.15) is 5.26 Å². The zero-order chi connectivity index (χ0) is 21.5. The summed E-state index contributed by atoms with van der Waals surface area (Å²) in [7, 11) is 0. The van der Waals surface area contributed by atoms with Crippen LogP contribution in [0.15, 0.2) is 30.3 Å². The Labute approximate surface area is 172 Å². The van der Waals surface area contributed by atoms with Crippen LogP contribution < -0.4 is 0 Å². The minimum Gasteiger partial charge on any atom is -0.465 e. The van der Waals surface area contributed by atoms with Gasteiger partial charge in [0.15, 0.2) is 0 Å². The zero-order valence-corrected chi connectivity index (χ0v) is 17.9. The molecule has 0 aromatic heterocycles. The standard InChI is InChI=1S/C22H31NO6/c1-6-25-19(24)20(16-23)18(17-14-12-11-13-15-17)21(26-7-2,27-8-3)22(20,28-9-4)29-10-5/h11-15,18H,6-10H2,1-5H3/t18-,20+/m0/s1. The molecule has 0 heterocycles. The zero-order valence-electron chi connectivity index (χ0n) is 17.9. The van der Waals surface area contributed by atoms with E-state index in [4.69, 9.17) is 23.7 Å². The van der Waals surface area contributed by atoms with Crippen molar-refractivity contribution in [3.63, 3.8) is 0 Å². The summed E-state index contributed by atoms with van der Waals surface area (Å²) in [5.41, 5.74) is -1.10. The number of hydrogen-bond donors (Lipinski definition) is 0. The van der Waals surface area contributed by atoms with E-state index < -0.39 is 28.9 Å². The number of benzene rings is 1. The second-order valence-corrected chi connectivity index (χ2v) is 6.50. The van der Waals surface area contributed by atoms with Crippen LogP contribution in [-0.2, 0) is 28.5 Å². The number of nitrogens with zero attached hydrogens (tertiary/aromatic N) is 1. The molecule has 0 radical (unpaired) electrons. The van der Waals surface area contributed by atoms with Crippen LogP contribution in [0.25, 0.3) is 0 Å². The average molecular weight is 405 g/mol. The van der Waals surface area contributed by atoms with E-state index in [1.165, 1.54) is 0 Å². The number of carbonyl (C=O) groups is 1. The van der Waals surface area contributed by atoms with E-state index >= 15 is 0 Å². The molecule has 29 heavy (non-hydrogen) atoms. The van der Waals surface area contributed by atoms with Gasteiger partial charge in [-0.25, -0.2) is 0 Å². The Morgan fingerprint density at radius 3 is 1.83 bits per heavy atom. The fraction of sp³-hybridized carbons (Fsp3) is 0.636. The molecule has 1 aromatic rings. The molecule has 2 rings (SSSR count). The Kier molecular flexibility index (Phi) is 7.78. The summed E-state index contributed by atoms with van der Waals surface area (Å²) >= 11 is 0. The maximum atomic E-state index is 13.3. The van der Waals surface area contributed by atoms with Crippen molar-refractivity contribution in [1.82, 2.24) is 0 Å². The highest BCUT2D eigenvalue weighted by molar-refractivity contribution is 5.86.